The lowest BCUT2D eigenvalue weighted by Gasteiger charge is -2.16. The fourth-order valence-electron chi connectivity index (χ4n) is 2.80. The predicted octanol–water partition coefficient (Wildman–Crippen LogP) is 6.97. The maximum Gasteiger partial charge on any atom is 0.265 e. The average Bonchev–Trinajstić information content (AvgIpc) is 2.76. The average molecular weight is 528 g/mol. The molecule has 0 spiro atoms. The first kappa shape index (κ1) is 25.0. The number of halogens is 4. The van der Waals surface area contributed by atoms with Crippen LogP contribution in [-0.2, 0) is 4.79 Å². The lowest BCUT2D eigenvalue weighted by Crippen LogP contribution is -2.30. The van der Waals surface area contributed by atoms with E-state index in [2.05, 4.69) is 10.6 Å². The molecular formula is C23H18Cl4N2O4. The predicted molar refractivity (Wildman–Crippen MR) is 133 cm³/mol. The van der Waals surface area contributed by atoms with Crippen LogP contribution in [0.25, 0.3) is 0 Å². The molecule has 3 aromatic rings. The van der Waals surface area contributed by atoms with E-state index in [-0.39, 0.29) is 15.7 Å². The normalized spacial score (nSPS) is 11.5. The first-order chi connectivity index (χ1) is 15.7. The maximum atomic E-state index is 12.5. The summed E-state index contributed by atoms with van der Waals surface area (Å²) in [6.45, 7) is 1.59. The molecule has 0 saturated carbocycles. The first-order valence-corrected chi connectivity index (χ1v) is 11.1. The third-order valence-corrected chi connectivity index (χ3v) is 5.51. The van der Waals surface area contributed by atoms with Gasteiger partial charge in [0.2, 0.25) is 0 Å². The summed E-state index contributed by atoms with van der Waals surface area (Å²) in [7, 11) is 1.49. The van der Waals surface area contributed by atoms with E-state index in [4.69, 9.17) is 55.9 Å². The quantitative estimate of drug-likeness (QED) is 0.348. The van der Waals surface area contributed by atoms with Crippen molar-refractivity contribution in [3.05, 3.63) is 80.3 Å². The molecule has 0 aliphatic heterocycles. The number of amides is 2. The monoisotopic (exact) mass is 526 g/mol. The molecule has 3 rings (SSSR count). The third kappa shape index (κ3) is 6.45. The standard InChI is InChI=1S/C23H18Cl4N2O4/c1-12(22(30)28-19-11-14(24)5-8-20(19)32-2)33-16-6-3-13(4-7-16)23(31)29-21-17(26)9-15(25)10-18(21)27/h3-12H,1-2H3,(H,28,30)(H,29,31). The minimum atomic E-state index is -0.833. The van der Waals surface area contributed by atoms with Crippen molar-refractivity contribution < 1.29 is 19.1 Å². The van der Waals surface area contributed by atoms with Crippen LogP contribution in [0.3, 0.4) is 0 Å². The fourth-order valence-corrected chi connectivity index (χ4v) is 3.89. The topological polar surface area (TPSA) is 76.7 Å². The summed E-state index contributed by atoms with van der Waals surface area (Å²) >= 11 is 24.1. The van der Waals surface area contributed by atoms with Crippen molar-refractivity contribution in [1.82, 2.24) is 0 Å². The molecule has 0 aliphatic rings. The molecule has 0 heterocycles. The van der Waals surface area contributed by atoms with E-state index in [1.165, 1.54) is 19.2 Å². The zero-order valence-electron chi connectivity index (χ0n) is 17.4. The summed E-state index contributed by atoms with van der Waals surface area (Å²) in [6.07, 6.45) is -0.833. The van der Waals surface area contributed by atoms with Crippen LogP contribution in [0.4, 0.5) is 11.4 Å². The molecule has 0 radical (unpaired) electrons. The molecule has 33 heavy (non-hydrogen) atoms. The Labute approximate surface area is 210 Å². The molecule has 6 nitrogen and oxygen atoms in total. The van der Waals surface area contributed by atoms with Crippen molar-refractivity contribution >= 4 is 69.6 Å². The number of benzene rings is 3. The maximum absolute atomic E-state index is 12.5. The van der Waals surface area contributed by atoms with E-state index in [1.807, 2.05) is 0 Å². The Balaban J connectivity index is 1.64. The highest BCUT2D eigenvalue weighted by molar-refractivity contribution is 6.42. The Hall–Kier alpha value is -2.64. The molecule has 2 amide bonds. The molecule has 0 aromatic heterocycles. The molecular weight excluding hydrogens is 510 g/mol. The number of hydrogen-bond donors (Lipinski definition) is 2. The first-order valence-electron chi connectivity index (χ1n) is 9.55. The van der Waals surface area contributed by atoms with Crippen molar-refractivity contribution in [2.24, 2.45) is 0 Å². The van der Waals surface area contributed by atoms with Crippen LogP contribution in [-0.4, -0.2) is 25.0 Å². The van der Waals surface area contributed by atoms with Crippen LogP contribution in [0.1, 0.15) is 17.3 Å². The van der Waals surface area contributed by atoms with Gasteiger partial charge in [-0.05, 0) is 61.5 Å². The highest BCUT2D eigenvalue weighted by Crippen LogP contribution is 2.34. The molecule has 1 atom stereocenters. The van der Waals surface area contributed by atoms with E-state index >= 15 is 0 Å². The van der Waals surface area contributed by atoms with Crippen molar-refractivity contribution in [2.75, 3.05) is 17.7 Å². The smallest absolute Gasteiger partial charge is 0.265 e. The van der Waals surface area contributed by atoms with Gasteiger partial charge < -0.3 is 20.1 Å². The summed E-state index contributed by atoms with van der Waals surface area (Å²) in [5.41, 5.74) is 1.02. The second-order valence-electron chi connectivity index (χ2n) is 6.82. The zero-order valence-corrected chi connectivity index (χ0v) is 20.4. The minimum absolute atomic E-state index is 0.219. The van der Waals surface area contributed by atoms with Crippen molar-refractivity contribution in [2.45, 2.75) is 13.0 Å². The van der Waals surface area contributed by atoms with Crippen LogP contribution >= 0.6 is 46.4 Å². The zero-order chi connectivity index (χ0) is 24.1. The largest absolute Gasteiger partial charge is 0.495 e. The lowest BCUT2D eigenvalue weighted by molar-refractivity contribution is -0.122. The Bertz CT molecular complexity index is 1160. The van der Waals surface area contributed by atoms with Gasteiger partial charge in [0.05, 0.1) is 28.5 Å². The Kier molecular flexibility index (Phi) is 8.32. The summed E-state index contributed by atoms with van der Waals surface area (Å²) in [5, 5.41) is 6.63. The number of nitrogens with one attached hydrogen (secondary N) is 2. The number of anilines is 2. The fraction of sp³-hybridized carbons (Fsp3) is 0.130. The van der Waals surface area contributed by atoms with Crippen molar-refractivity contribution in [3.63, 3.8) is 0 Å². The van der Waals surface area contributed by atoms with Crippen LogP contribution in [0.5, 0.6) is 11.5 Å². The van der Waals surface area contributed by atoms with Gasteiger partial charge in [0.25, 0.3) is 11.8 Å². The molecule has 3 aromatic carbocycles. The molecule has 172 valence electrons. The summed E-state index contributed by atoms with van der Waals surface area (Å²) in [6, 6.07) is 14.1. The highest BCUT2D eigenvalue weighted by atomic mass is 35.5. The number of rotatable bonds is 7. The molecule has 1 unspecified atom stereocenters. The Morgan fingerprint density at radius 1 is 0.848 bits per heavy atom. The Morgan fingerprint density at radius 3 is 2.09 bits per heavy atom. The van der Waals surface area contributed by atoms with Gasteiger partial charge in [0, 0.05) is 15.6 Å². The molecule has 0 aliphatic carbocycles. The molecule has 0 fully saturated rings. The van der Waals surface area contributed by atoms with Gasteiger partial charge in [-0.3, -0.25) is 9.59 Å². The van der Waals surface area contributed by atoms with E-state index in [0.29, 0.717) is 32.8 Å². The van der Waals surface area contributed by atoms with Crippen molar-refractivity contribution in [1.29, 1.82) is 0 Å². The second kappa shape index (κ2) is 11.0. The van der Waals surface area contributed by atoms with Crippen LogP contribution in [0.15, 0.2) is 54.6 Å². The van der Waals surface area contributed by atoms with Gasteiger partial charge in [-0.15, -0.1) is 0 Å². The van der Waals surface area contributed by atoms with Gasteiger partial charge >= 0.3 is 0 Å². The lowest BCUT2D eigenvalue weighted by atomic mass is 10.2. The summed E-state index contributed by atoms with van der Waals surface area (Å²) in [4.78, 5) is 25.1. The van der Waals surface area contributed by atoms with E-state index in [9.17, 15) is 9.59 Å². The molecule has 0 saturated heterocycles. The van der Waals surface area contributed by atoms with Crippen LogP contribution < -0.4 is 20.1 Å². The third-order valence-electron chi connectivity index (χ3n) is 4.46. The number of methoxy groups -OCH3 is 1. The van der Waals surface area contributed by atoms with Gasteiger partial charge in [0.15, 0.2) is 6.10 Å². The van der Waals surface area contributed by atoms with Crippen LogP contribution in [0.2, 0.25) is 20.1 Å². The number of hydrogen-bond acceptors (Lipinski definition) is 4. The van der Waals surface area contributed by atoms with Crippen molar-refractivity contribution in [3.8, 4) is 11.5 Å². The number of ether oxygens (including phenoxy) is 2. The second-order valence-corrected chi connectivity index (χ2v) is 8.50. The molecule has 2 N–H and O–H groups in total. The van der Waals surface area contributed by atoms with E-state index < -0.39 is 17.9 Å². The number of carbonyl (C=O) groups excluding carboxylic acids is 2. The van der Waals surface area contributed by atoms with Gasteiger partial charge in [0.1, 0.15) is 11.5 Å². The summed E-state index contributed by atoms with van der Waals surface area (Å²) in [5.74, 6) is 0.0435. The Morgan fingerprint density at radius 2 is 1.48 bits per heavy atom. The SMILES string of the molecule is COc1ccc(Cl)cc1NC(=O)C(C)Oc1ccc(C(=O)Nc2c(Cl)cc(Cl)cc2Cl)cc1. The highest BCUT2D eigenvalue weighted by Gasteiger charge is 2.18. The summed E-state index contributed by atoms with van der Waals surface area (Å²) < 4.78 is 10.9. The number of carbonyl (C=O) groups is 2. The minimum Gasteiger partial charge on any atom is -0.495 e. The van der Waals surface area contributed by atoms with Gasteiger partial charge in [-0.2, -0.15) is 0 Å². The van der Waals surface area contributed by atoms with E-state index in [1.54, 1.807) is 49.4 Å². The van der Waals surface area contributed by atoms with Gasteiger partial charge in [-0.25, -0.2) is 0 Å². The van der Waals surface area contributed by atoms with Gasteiger partial charge in [-0.1, -0.05) is 46.4 Å². The molecule has 10 heteroatoms. The van der Waals surface area contributed by atoms with Crippen LogP contribution in [0, 0.1) is 0 Å². The molecule has 0 bridgehead atoms. The van der Waals surface area contributed by atoms with E-state index in [0.717, 1.165) is 0 Å².